The number of hydrogen-bond donors (Lipinski definition) is 0. The van der Waals surface area contributed by atoms with E-state index in [-0.39, 0.29) is 0 Å². The molecule has 66 valence electrons. The zero-order chi connectivity index (χ0) is 8.60. The molecule has 0 aliphatic heterocycles. The fraction of sp³-hybridized carbons (Fsp3) is 0.500. The molecule has 0 unspecified atom stereocenters. The summed E-state index contributed by atoms with van der Waals surface area (Å²) in [7, 11) is -2.94. The second kappa shape index (κ2) is 2.85. The average molecular weight is 202 g/mol. The van der Waals surface area contributed by atoms with Crippen LogP contribution in [0, 0.1) is 5.92 Å². The third kappa shape index (κ3) is 1.69. The maximum atomic E-state index is 11.6. The van der Waals surface area contributed by atoms with E-state index in [4.69, 9.17) is 0 Å². The van der Waals surface area contributed by atoms with Gasteiger partial charge in [0.2, 0.25) is 0 Å². The predicted octanol–water partition coefficient (Wildman–Crippen LogP) is 1.93. The summed E-state index contributed by atoms with van der Waals surface area (Å²) in [5.74, 6) is 0.796. The highest BCUT2D eigenvalue weighted by Crippen LogP contribution is 2.33. The van der Waals surface area contributed by atoms with Crippen LogP contribution in [0.3, 0.4) is 0 Å². The van der Waals surface area contributed by atoms with Crippen molar-refractivity contribution in [3.05, 3.63) is 17.5 Å². The van der Waals surface area contributed by atoms with Crippen molar-refractivity contribution in [1.29, 1.82) is 0 Å². The highest BCUT2D eigenvalue weighted by atomic mass is 32.2. The van der Waals surface area contributed by atoms with E-state index in [1.165, 1.54) is 11.3 Å². The van der Waals surface area contributed by atoms with Crippen molar-refractivity contribution < 1.29 is 8.42 Å². The molecule has 0 spiro atoms. The maximum Gasteiger partial charge on any atom is 0.188 e. The second-order valence-corrected chi connectivity index (χ2v) is 6.37. The van der Waals surface area contributed by atoms with E-state index in [0.717, 1.165) is 12.8 Å². The summed E-state index contributed by atoms with van der Waals surface area (Å²) in [4.78, 5) is 0. The molecule has 1 fully saturated rings. The Balaban J connectivity index is 2.20. The molecule has 12 heavy (non-hydrogen) atoms. The largest absolute Gasteiger partial charge is 0.223 e. The molecule has 1 aliphatic rings. The number of thiophene rings is 1. The second-order valence-electron chi connectivity index (χ2n) is 3.16. The smallest absolute Gasteiger partial charge is 0.188 e. The van der Waals surface area contributed by atoms with Crippen LogP contribution in [0.15, 0.2) is 21.7 Å². The molecular formula is C8H10O2S2. The Morgan fingerprint density at radius 1 is 1.50 bits per heavy atom. The zero-order valence-corrected chi connectivity index (χ0v) is 8.20. The van der Waals surface area contributed by atoms with Gasteiger partial charge in [-0.3, -0.25) is 0 Å². The monoisotopic (exact) mass is 202 g/mol. The molecule has 0 N–H and O–H groups in total. The van der Waals surface area contributed by atoms with Gasteiger partial charge in [0.25, 0.3) is 0 Å². The lowest BCUT2D eigenvalue weighted by molar-refractivity contribution is 0.594. The van der Waals surface area contributed by atoms with Crippen LogP contribution in [0.5, 0.6) is 0 Å². The van der Waals surface area contributed by atoms with Gasteiger partial charge >= 0.3 is 0 Å². The number of rotatable bonds is 3. The maximum absolute atomic E-state index is 11.6. The zero-order valence-electron chi connectivity index (χ0n) is 6.56. The lowest BCUT2D eigenvalue weighted by Gasteiger charge is -1.97. The first kappa shape index (κ1) is 8.26. The third-order valence-electron chi connectivity index (χ3n) is 1.95. The first-order valence-electron chi connectivity index (χ1n) is 3.95. The molecule has 0 radical (unpaired) electrons. The Morgan fingerprint density at radius 2 is 2.25 bits per heavy atom. The van der Waals surface area contributed by atoms with Crippen LogP contribution in [0.4, 0.5) is 0 Å². The Kier molecular flexibility index (Phi) is 1.96. The molecule has 1 saturated carbocycles. The van der Waals surface area contributed by atoms with E-state index < -0.39 is 9.84 Å². The average Bonchev–Trinajstić information content (AvgIpc) is 2.67. The fourth-order valence-corrected chi connectivity index (χ4v) is 3.93. The van der Waals surface area contributed by atoms with E-state index in [2.05, 4.69) is 0 Å². The Labute approximate surface area is 76.2 Å². The van der Waals surface area contributed by atoms with Crippen LogP contribution in [-0.4, -0.2) is 14.2 Å². The van der Waals surface area contributed by atoms with Gasteiger partial charge in [-0.05, 0) is 30.2 Å². The van der Waals surface area contributed by atoms with Crippen molar-refractivity contribution >= 4 is 21.2 Å². The Bertz CT molecular complexity index is 346. The molecule has 1 aliphatic carbocycles. The van der Waals surface area contributed by atoms with Gasteiger partial charge in [0.1, 0.15) is 4.21 Å². The fourth-order valence-electron chi connectivity index (χ4n) is 1.12. The van der Waals surface area contributed by atoms with Gasteiger partial charge < -0.3 is 0 Å². The van der Waals surface area contributed by atoms with Gasteiger partial charge in [0.05, 0.1) is 5.75 Å². The molecule has 2 rings (SSSR count). The summed E-state index contributed by atoms with van der Waals surface area (Å²) in [5.41, 5.74) is 0. The van der Waals surface area contributed by atoms with Crippen molar-refractivity contribution in [3.8, 4) is 0 Å². The highest BCUT2D eigenvalue weighted by molar-refractivity contribution is 7.93. The molecule has 4 heteroatoms. The molecule has 0 bridgehead atoms. The van der Waals surface area contributed by atoms with E-state index in [9.17, 15) is 8.42 Å². The highest BCUT2D eigenvalue weighted by Gasteiger charge is 2.29. The molecule has 0 aromatic carbocycles. The lowest BCUT2D eigenvalue weighted by atomic mass is 10.5. The summed E-state index contributed by atoms with van der Waals surface area (Å²) in [5, 5.41) is 1.81. The Morgan fingerprint density at radius 3 is 2.75 bits per heavy atom. The summed E-state index contributed by atoms with van der Waals surface area (Å²) in [6.07, 6.45) is 2.18. The van der Waals surface area contributed by atoms with E-state index >= 15 is 0 Å². The van der Waals surface area contributed by atoms with Crippen LogP contribution in [-0.2, 0) is 9.84 Å². The molecule has 0 amide bonds. The van der Waals surface area contributed by atoms with E-state index in [1.54, 1.807) is 17.5 Å². The molecular weight excluding hydrogens is 192 g/mol. The van der Waals surface area contributed by atoms with Gasteiger partial charge in [-0.15, -0.1) is 11.3 Å². The minimum Gasteiger partial charge on any atom is -0.223 e. The molecule has 0 saturated heterocycles. The Hall–Kier alpha value is -0.350. The normalized spacial score (nSPS) is 18.0. The summed E-state index contributed by atoms with van der Waals surface area (Å²) in [6.45, 7) is 0. The van der Waals surface area contributed by atoms with Crippen molar-refractivity contribution in [3.63, 3.8) is 0 Å². The SMILES string of the molecule is O=S(=O)(CC1CC1)c1cccs1. The summed E-state index contributed by atoms with van der Waals surface area (Å²) < 4.78 is 23.6. The van der Waals surface area contributed by atoms with Crippen molar-refractivity contribution in [2.24, 2.45) is 5.92 Å². The van der Waals surface area contributed by atoms with Gasteiger partial charge in [0, 0.05) is 0 Å². The molecule has 1 aromatic heterocycles. The van der Waals surface area contributed by atoms with Crippen molar-refractivity contribution in [2.45, 2.75) is 17.1 Å². The van der Waals surface area contributed by atoms with Gasteiger partial charge in [-0.2, -0.15) is 0 Å². The minimum atomic E-state index is -2.94. The number of hydrogen-bond acceptors (Lipinski definition) is 3. The van der Waals surface area contributed by atoms with Crippen molar-refractivity contribution in [2.75, 3.05) is 5.75 Å². The molecule has 2 nitrogen and oxygen atoms in total. The lowest BCUT2D eigenvalue weighted by Crippen LogP contribution is -2.06. The van der Waals surface area contributed by atoms with Crippen LogP contribution in [0.1, 0.15) is 12.8 Å². The van der Waals surface area contributed by atoms with Crippen LogP contribution >= 0.6 is 11.3 Å². The van der Waals surface area contributed by atoms with Gasteiger partial charge in [0.15, 0.2) is 9.84 Å². The molecule has 1 aromatic rings. The van der Waals surface area contributed by atoms with E-state index in [0.29, 0.717) is 15.9 Å². The summed E-state index contributed by atoms with van der Waals surface area (Å²) >= 11 is 1.31. The number of sulfone groups is 1. The minimum absolute atomic E-state index is 0.355. The third-order valence-corrected chi connectivity index (χ3v) is 5.33. The predicted molar refractivity (Wildman–Crippen MR) is 49.1 cm³/mol. The standard InChI is InChI=1S/C8H10O2S2/c9-12(10,6-7-3-4-7)8-2-1-5-11-8/h1-2,5,7H,3-4,6H2. The molecule has 0 atom stereocenters. The van der Waals surface area contributed by atoms with Gasteiger partial charge in [-0.1, -0.05) is 6.07 Å². The van der Waals surface area contributed by atoms with Crippen LogP contribution in [0.25, 0.3) is 0 Å². The quantitative estimate of drug-likeness (QED) is 0.750. The first-order valence-corrected chi connectivity index (χ1v) is 6.48. The molecule has 1 heterocycles. The van der Waals surface area contributed by atoms with E-state index in [1.807, 2.05) is 0 Å². The van der Waals surface area contributed by atoms with Crippen LogP contribution in [0.2, 0.25) is 0 Å². The van der Waals surface area contributed by atoms with Crippen LogP contribution < -0.4 is 0 Å². The van der Waals surface area contributed by atoms with Gasteiger partial charge in [-0.25, -0.2) is 8.42 Å². The first-order chi connectivity index (χ1) is 5.68. The van der Waals surface area contributed by atoms with Crippen molar-refractivity contribution in [1.82, 2.24) is 0 Å². The summed E-state index contributed by atoms with van der Waals surface area (Å²) in [6, 6.07) is 3.47. The topological polar surface area (TPSA) is 34.1 Å².